The molecule has 3 aromatic carbocycles. The van der Waals surface area contributed by atoms with Gasteiger partial charge in [-0.1, -0.05) is 29.8 Å². The molecule has 1 aliphatic rings. The molecule has 4 aromatic rings. The Kier molecular flexibility index (Phi) is 7.20. The Morgan fingerprint density at radius 1 is 1.03 bits per heavy atom. The second kappa shape index (κ2) is 10.9. The summed E-state index contributed by atoms with van der Waals surface area (Å²) in [5.41, 5.74) is 10.7. The molecule has 0 fully saturated rings. The topological polar surface area (TPSA) is 105 Å². The number of anilines is 2. The maximum Gasteiger partial charge on any atom is 0.251 e. The van der Waals surface area contributed by atoms with E-state index in [1.807, 2.05) is 6.07 Å². The Labute approximate surface area is 218 Å². The van der Waals surface area contributed by atoms with E-state index in [2.05, 4.69) is 15.6 Å². The minimum absolute atomic E-state index is 0.151. The summed E-state index contributed by atoms with van der Waals surface area (Å²) in [6.07, 6.45) is 2.44. The summed E-state index contributed by atoms with van der Waals surface area (Å²) >= 11 is 6.33. The van der Waals surface area contributed by atoms with E-state index in [0.29, 0.717) is 58.7 Å². The molecule has 5 rings (SSSR count). The van der Waals surface area contributed by atoms with Crippen LogP contribution in [0.4, 0.5) is 16.0 Å². The number of carbonyl (C=O) groups excluding carboxylic acids is 1. The highest BCUT2D eigenvalue weighted by atomic mass is 35.5. The van der Waals surface area contributed by atoms with Crippen molar-refractivity contribution in [2.24, 2.45) is 10.7 Å². The molecule has 186 valence electrons. The predicted molar refractivity (Wildman–Crippen MR) is 144 cm³/mol. The van der Waals surface area contributed by atoms with Crippen molar-refractivity contribution in [3.8, 4) is 11.3 Å². The van der Waals surface area contributed by atoms with E-state index in [1.165, 1.54) is 6.07 Å². The number of rotatable bonds is 7. The number of nitrogens with two attached hydrogens (primary N) is 1. The lowest BCUT2D eigenvalue weighted by molar-refractivity contribution is 0.0953. The number of benzene rings is 3. The highest BCUT2D eigenvalue weighted by molar-refractivity contribution is 6.31. The average Bonchev–Trinajstić information content (AvgIpc) is 3.06. The molecular weight excluding hydrogens is 491 g/mol. The number of aliphatic imine (C=N–C) groups is 1. The van der Waals surface area contributed by atoms with Crippen molar-refractivity contribution in [3.63, 3.8) is 0 Å². The van der Waals surface area contributed by atoms with Crippen LogP contribution in [0, 0.1) is 5.82 Å². The van der Waals surface area contributed by atoms with Gasteiger partial charge in [-0.15, -0.1) is 0 Å². The van der Waals surface area contributed by atoms with Gasteiger partial charge in [0.2, 0.25) is 5.95 Å². The first-order valence-corrected chi connectivity index (χ1v) is 12.2. The lowest BCUT2D eigenvalue weighted by Gasteiger charge is -2.13. The second-order valence-electron chi connectivity index (χ2n) is 8.50. The molecule has 0 spiro atoms. The number of amides is 1. The maximum atomic E-state index is 14.7. The molecular formula is C28H24ClFN6O. The second-order valence-corrected chi connectivity index (χ2v) is 8.94. The van der Waals surface area contributed by atoms with Gasteiger partial charge in [-0.05, 0) is 61.5 Å². The van der Waals surface area contributed by atoms with Gasteiger partial charge in [0, 0.05) is 51.3 Å². The molecule has 0 saturated heterocycles. The minimum atomic E-state index is -0.358. The summed E-state index contributed by atoms with van der Waals surface area (Å²) in [6.45, 7) is 1.35. The number of nitrogens with zero attached hydrogens (tertiary/aromatic N) is 3. The van der Waals surface area contributed by atoms with Crippen LogP contribution in [0.5, 0.6) is 0 Å². The molecule has 0 aliphatic carbocycles. The van der Waals surface area contributed by atoms with Crippen molar-refractivity contribution in [2.75, 3.05) is 18.4 Å². The summed E-state index contributed by atoms with van der Waals surface area (Å²) in [6, 6.07) is 19.0. The molecule has 4 N–H and O–H groups in total. The van der Waals surface area contributed by atoms with Crippen LogP contribution in [0.15, 0.2) is 77.9 Å². The number of halogens is 2. The number of hydrogen-bond acceptors (Lipinski definition) is 6. The van der Waals surface area contributed by atoms with Gasteiger partial charge >= 0.3 is 0 Å². The van der Waals surface area contributed by atoms with E-state index >= 15 is 0 Å². The third-order valence-electron chi connectivity index (χ3n) is 5.96. The molecule has 37 heavy (non-hydrogen) atoms. The predicted octanol–water partition coefficient (Wildman–Crippen LogP) is 5.11. The van der Waals surface area contributed by atoms with Crippen LogP contribution < -0.4 is 16.4 Å². The highest BCUT2D eigenvalue weighted by Crippen LogP contribution is 2.34. The molecule has 0 saturated carbocycles. The van der Waals surface area contributed by atoms with Crippen LogP contribution in [-0.4, -0.2) is 34.7 Å². The number of hydrogen-bond donors (Lipinski definition) is 3. The highest BCUT2D eigenvalue weighted by Gasteiger charge is 2.23. The lowest BCUT2D eigenvalue weighted by atomic mass is 9.95. The van der Waals surface area contributed by atoms with Crippen molar-refractivity contribution in [3.05, 3.63) is 106 Å². The molecule has 0 radical (unpaired) electrons. The van der Waals surface area contributed by atoms with Crippen LogP contribution in [0.3, 0.4) is 0 Å². The van der Waals surface area contributed by atoms with Crippen LogP contribution in [0.2, 0.25) is 5.02 Å². The first-order chi connectivity index (χ1) is 18.0. The van der Waals surface area contributed by atoms with E-state index in [9.17, 15) is 9.18 Å². The summed E-state index contributed by atoms with van der Waals surface area (Å²) in [7, 11) is 0. The fourth-order valence-corrected chi connectivity index (χ4v) is 4.28. The summed E-state index contributed by atoms with van der Waals surface area (Å²) in [5, 5.41) is 6.55. The Morgan fingerprint density at radius 2 is 1.84 bits per heavy atom. The molecule has 1 aromatic heterocycles. The molecule has 1 aliphatic heterocycles. The molecule has 0 unspecified atom stereocenters. The smallest absolute Gasteiger partial charge is 0.251 e. The lowest BCUT2D eigenvalue weighted by Crippen LogP contribution is -2.25. The van der Waals surface area contributed by atoms with Gasteiger partial charge in [0.15, 0.2) is 0 Å². The first kappa shape index (κ1) is 24.5. The van der Waals surface area contributed by atoms with Gasteiger partial charge < -0.3 is 16.4 Å². The quantitative estimate of drug-likeness (QED) is 0.297. The molecule has 2 heterocycles. The van der Waals surface area contributed by atoms with Gasteiger partial charge in [-0.2, -0.15) is 0 Å². The number of nitrogens with one attached hydrogen (secondary N) is 2. The Bertz CT molecular complexity index is 1490. The van der Waals surface area contributed by atoms with Crippen molar-refractivity contribution in [1.82, 2.24) is 15.3 Å². The van der Waals surface area contributed by atoms with E-state index < -0.39 is 0 Å². The molecule has 0 atom stereocenters. The van der Waals surface area contributed by atoms with Crippen LogP contribution in [-0.2, 0) is 6.54 Å². The third kappa shape index (κ3) is 5.35. The van der Waals surface area contributed by atoms with Crippen LogP contribution >= 0.6 is 11.6 Å². The molecule has 1 amide bonds. The van der Waals surface area contributed by atoms with Gasteiger partial charge in [-0.3, -0.25) is 9.79 Å². The number of aromatic nitrogens is 2. The molecule has 7 nitrogen and oxygen atoms in total. The van der Waals surface area contributed by atoms with Crippen LogP contribution in [0.25, 0.3) is 11.3 Å². The average molecular weight is 515 g/mol. The number of fused-ring (bicyclic) bond motifs is 3. The fourth-order valence-electron chi connectivity index (χ4n) is 4.11. The zero-order chi connectivity index (χ0) is 25.8. The van der Waals surface area contributed by atoms with Crippen LogP contribution in [0.1, 0.15) is 33.5 Å². The zero-order valence-electron chi connectivity index (χ0n) is 19.8. The Balaban J connectivity index is 1.44. The van der Waals surface area contributed by atoms with Crippen molar-refractivity contribution in [2.45, 2.75) is 13.0 Å². The van der Waals surface area contributed by atoms with E-state index in [4.69, 9.17) is 27.3 Å². The molecule has 0 bridgehead atoms. The summed E-state index contributed by atoms with van der Waals surface area (Å²) < 4.78 is 14.7. The van der Waals surface area contributed by atoms with E-state index in [1.54, 1.807) is 60.8 Å². The van der Waals surface area contributed by atoms with E-state index in [-0.39, 0.29) is 11.7 Å². The largest absolute Gasteiger partial charge is 0.352 e. The molecule has 9 heteroatoms. The van der Waals surface area contributed by atoms with Gasteiger partial charge in [0.1, 0.15) is 5.82 Å². The Morgan fingerprint density at radius 3 is 2.62 bits per heavy atom. The van der Waals surface area contributed by atoms with Gasteiger partial charge in [-0.25, -0.2) is 14.4 Å². The maximum absolute atomic E-state index is 14.7. The zero-order valence-corrected chi connectivity index (χ0v) is 20.6. The summed E-state index contributed by atoms with van der Waals surface area (Å²) in [4.78, 5) is 26.2. The van der Waals surface area contributed by atoms with E-state index in [0.717, 1.165) is 23.2 Å². The monoisotopic (exact) mass is 514 g/mol. The minimum Gasteiger partial charge on any atom is -0.352 e. The Hall–Kier alpha value is -4.14. The van der Waals surface area contributed by atoms with Gasteiger partial charge in [0.05, 0.1) is 18.0 Å². The SMILES string of the molecule is NCCCNC(=O)c1ccc(Nc2ncc3c(n2)-c2ccc(Cl)cc2C(c2ccccc2F)=NC3)cc1. The van der Waals surface area contributed by atoms with Gasteiger partial charge in [0.25, 0.3) is 5.91 Å². The fraction of sp³-hybridized carbons (Fsp3) is 0.143. The van der Waals surface area contributed by atoms with Crippen molar-refractivity contribution in [1.29, 1.82) is 0 Å². The summed E-state index contributed by atoms with van der Waals surface area (Å²) in [5.74, 6) is -0.126. The van der Waals surface area contributed by atoms with Crippen molar-refractivity contribution >= 4 is 34.9 Å². The standard InChI is InChI=1S/C28H24ClFN6O/c29-19-8-11-21-23(14-19)26(22-4-1-2-5-24(22)30)33-15-18-16-34-28(36-25(18)21)35-20-9-6-17(7-10-20)27(37)32-13-3-12-31/h1-2,4-11,14,16H,3,12-13,15,31H2,(H,32,37)(H,34,35,36). The normalized spacial score (nSPS) is 12.1. The first-order valence-electron chi connectivity index (χ1n) is 11.8. The number of carbonyl (C=O) groups is 1. The third-order valence-corrected chi connectivity index (χ3v) is 6.20. The van der Waals surface area contributed by atoms with Crippen molar-refractivity contribution < 1.29 is 9.18 Å².